The first-order valence-corrected chi connectivity index (χ1v) is 7.03. The van der Waals surface area contributed by atoms with E-state index >= 15 is 0 Å². The number of aromatic nitrogens is 3. The molecule has 0 unspecified atom stereocenters. The van der Waals surface area contributed by atoms with E-state index in [9.17, 15) is 14.4 Å². The second-order valence-electron chi connectivity index (χ2n) is 5.54. The lowest BCUT2D eigenvalue weighted by Gasteiger charge is -2.27. The summed E-state index contributed by atoms with van der Waals surface area (Å²) in [4.78, 5) is 40.2. The Bertz CT molecular complexity index is 873. The molecule has 1 saturated heterocycles. The monoisotopic (exact) mass is 375 g/mol. The fourth-order valence-corrected chi connectivity index (χ4v) is 2.42. The number of hydrogen-bond acceptors (Lipinski definition) is 5. The number of halogens is 2. The minimum atomic E-state index is -0.455. The van der Waals surface area contributed by atoms with E-state index in [0.29, 0.717) is 18.0 Å². The van der Waals surface area contributed by atoms with Gasteiger partial charge in [-0.1, -0.05) is 0 Å². The zero-order valence-electron chi connectivity index (χ0n) is 13.2. The Kier molecular flexibility index (Phi) is 6.53. The fraction of sp³-hybridized carbons (Fsp3) is 0.429. The Balaban J connectivity index is 0.00000144. The minimum absolute atomic E-state index is 0. The summed E-state index contributed by atoms with van der Waals surface area (Å²) in [5.41, 5.74) is -0.313. The van der Waals surface area contributed by atoms with Crippen molar-refractivity contribution in [1.29, 1.82) is 0 Å². The van der Waals surface area contributed by atoms with E-state index in [0.717, 1.165) is 17.7 Å². The molecule has 8 nitrogen and oxygen atoms in total. The fourth-order valence-electron chi connectivity index (χ4n) is 2.42. The molecule has 3 heterocycles. The van der Waals surface area contributed by atoms with Gasteiger partial charge < -0.3 is 10.6 Å². The summed E-state index contributed by atoms with van der Waals surface area (Å²) >= 11 is 0. The Morgan fingerprint density at radius 2 is 1.96 bits per heavy atom. The molecule has 0 saturated carbocycles. The predicted molar refractivity (Wildman–Crippen MR) is 95.4 cm³/mol. The number of rotatable bonds is 3. The van der Waals surface area contributed by atoms with Gasteiger partial charge in [-0.05, 0) is 6.07 Å². The average molecular weight is 376 g/mol. The third-order valence-corrected chi connectivity index (χ3v) is 3.97. The molecule has 10 heteroatoms. The molecule has 2 N–H and O–H groups in total. The van der Waals surface area contributed by atoms with E-state index in [1.165, 1.54) is 23.9 Å². The second-order valence-corrected chi connectivity index (χ2v) is 5.54. The maximum atomic E-state index is 12.2. The number of carbonyl (C=O) groups excluding carboxylic acids is 1. The molecular weight excluding hydrogens is 357 g/mol. The van der Waals surface area contributed by atoms with E-state index in [-0.39, 0.29) is 41.8 Å². The molecule has 0 atom stereocenters. The van der Waals surface area contributed by atoms with Crippen molar-refractivity contribution in [2.45, 2.75) is 0 Å². The van der Waals surface area contributed by atoms with Crippen molar-refractivity contribution >= 4 is 41.8 Å². The number of nitrogens with one attached hydrogen (secondary N) is 2. The highest BCUT2D eigenvalue weighted by Crippen LogP contribution is 2.08. The quantitative estimate of drug-likeness (QED) is 0.748. The Morgan fingerprint density at radius 1 is 1.29 bits per heavy atom. The molecule has 2 aromatic heterocycles. The summed E-state index contributed by atoms with van der Waals surface area (Å²) in [6, 6.07) is 1.48. The van der Waals surface area contributed by atoms with Gasteiger partial charge >= 0.3 is 5.69 Å². The van der Waals surface area contributed by atoms with Crippen LogP contribution in [-0.4, -0.2) is 39.7 Å². The standard InChI is InChI=1S/C14H17N5O3.2ClH/c1-18-11-10(13(21)19(2)14(18)22)3-9(7-16-11)12(20)17-6-8-4-15-5-8;;/h3,7-8,15H,4-6H2,1-2H3,(H,17,20);2*1H. The lowest BCUT2D eigenvalue weighted by molar-refractivity contribution is 0.0942. The molecule has 3 rings (SSSR count). The van der Waals surface area contributed by atoms with E-state index in [1.807, 2.05) is 0 Å². The lowest BCUT2D eigenvalue weighted by Crippen LogP contribution is -2.48. The van der Waals surface area contributed by atoms with Crippen LogP contribution in [0.2, 0.25) is 0 Å². The van der Waals surface area contributed by atoms with Gasteiger partial charge in [0.2, 0.25) is 0 Å². The number of amides is 1. The van der Waals surface area contributed by atoms with E-state index in [4.69, 9.17) is 0 Å². The van der Waals surface area contributed by atoms with Gasteiger partial charge in [0.1, 0.15) is 5.65 Å². The van der Waals surface area contributed by atoms with Gasteiger partial charge in [-0.3, -0.25) is 18.7 Å². The molecule has 0 radical (unpaired) electrons. The molecule has 24 heavy (non-hydrogen) atoms. The van der Waals surface area contributed by atoms with Gasteiger partial charge in [-0.15, -0.1) is 24.8 Å². The van der Waals surface area contributed by atoms with Gasteiger partial charge in [0, 0.05) is 45.8 Å². The zero-order chi connectivity index (χ0) is 15.9. The first-order valence-electron chi connectivity index (χ1n) is 7.03. The molecule has 2 aromatic rings. The maximum Gasteiger partial charge on any atom is 0.332 e. The number of hydrogen-bond donors (Lipinski definition) is 2. The highest BCUT2D eigenvalue weighted by atomic mass is 35.5. The van der Waals surface area contributed by atoms with Crippen LogP contribution in [0.1, 0.15) is 10.4 Å². The topological polar surface area (TPSA) is 98.0 Å². The largest absolute Gasteiger partial charge is 0.352 e. The summed E-state index contributed by atoms with van der Waals surface area (Å²) in [5, 5.41) is 6.22. The number of nitrogens with zero attached hydrogens (tertiary/aromatic N) is 3. The predicted octanol–water partition coefficient (Wildman–Crippen LogP) is -0.575. The minimum Gasteiger partial charge on any atom is -0.352 e. The van der Waals surface area contributed by atoms with Gasteiger partial charge in [-0.25, -0.2) is 9.78 Å². The molecule has 1 fully saturated rings. The van der Waals surface area contributed by atoms with Crippen LogP contribution in [0.5, 0.6) is 0 Å². The lowest BCUT2D eigenvalue weighted by atomic mass is 10.0. The van der Waals surface area contributed by atoms with Crippen LogP contribution in [0.15, 0.2) is 21.9 Å². The summed E-state index contributed by atoms with van der Waals surface area (Å²) in [5.74, 6) is 0.184. The first-order chi connectivity index (χ1) is 10.5. The number of pyridine rings is 1. The Hall–Kier alpha value is -1.90. The number of fused-ring (bicyclic) bond motifs is 1. The molecule has 0 spiro atoms. The molecule has 1 amide bonds. The van der Waals surface area contributed by atoms with Crippen LogP contribution >= 0.6 is 24.8 Å². The normalized spacial score (nSPS) is 13.6. The van der Waals surface area contributed by atoms with E-state index in [1.54, 1.807) is 7.05 Å². The van der Waals surface area contributed by atoms with Crippen molar-refractivity contribution in [1.82, 2.24) is 24.8 Å². The summed E-state index contributed by atoms with van der Waals surface area (Å²) in [6.07, 6.45) is 1.38. The van der Waals surface area contributed by atoms with Gasteiger partial charge in [0.15, 0.2) is 0 Å². The van der Waals surface area contributed by atoms with Crippen LogP contribution in [0.3, 0.4) is 0 Å². The molecule has 0 aliphatic carbocycles. The smallest absolute Gasteiger partial charge is 0.332 e. The second kappa shape index (κ2) is 7.78. The molecule has 1 aliphatic rings. The number of aryl methyl sites for hydroxylation is 1. The van der Waals surface area contributed by atoms with Crippen LogP contribution in [0, 0.1) is 5.92 Å². The summed E-state index contributed by atoms with van der Waals surface area (Å²) in [6.45, 7) is 2.40. The van der Waals surface area contributed by atoms with Crippen molar-refractivity contribution < 1.29 is 4.79 Å². The molecule has 0 bridgehead atoms. The molecular formula is C14H19Cl2N5O3. The van der Waals surface area contributed by atoms with E-state index in [2.05, 4.69) is 15.6 Å². The molecule has 132 valence electrons. The van der Waals surface area contributed by atoms with Gasteiger partial charge in [0.25, 0.3) is 11.5 Å². The van der Waals surface area contributed by atoms with Crippen molar-refractivity contribution in [2.75, 3.05) is 19.6 Å². The highest BCUT2D eigenvalue weighted by Gasteiger charge is 2.18. The van der Waals surface area contributed by atoms with Crippen LogP contribution in [-0.2, 0) is 14.1 Å². The van der Waals surface area contributed by atoms with Crippen molar-refractivity contribution in [3.8, 4) is 0 Å². The Labute approximate surface area is 150 Å². The zero-order valence-corrected chi connectivity index (χ0v) is 14.9. The van der Waals surface area contributed by atoms with Crippen LogP contribution in [0.4, 0.5) is 0 Å². The third kappa shape index (κ3) is 3.45. The molecule has 1 aliphatic heterocycles. The maximum absolute atomic E-state index is 12.2. The van der Waals surface area contributed by atoms with Crippen molar-refractivity contribution in [3.63, 3.8) is 0 Å². The average Bonchev–Trinajstić information content (AvgIpc) is 2.48. The SMILES string of the molecule is Cl.Cl.Cn1c(=O)c2cc(C(=O)NCC3CNC3)cnc2n(C)c1=O. The van der Waals surface area contributed by atoms with Gasteiger partial charge in [0.05, 0.1) is 10.9 Å². The number of carbonyl (C=O) groups is 1. The van der Waals surface area contributed by atoms with Crippen molar-refractivity contribution in [3.05, 3.63) is 38.7 Å². The molecule has 0 aromatic carbocycles. The highest BCUT2D eigenvalue weighted by molar-refractivity contribution is 5.96. The van der Waals surface area contributed by atoms with Crippen LogP contribution < -0.4 is 21.9 Å². The summed E-state index contributed by atoms with van der Waals surface area (Å²) < 4.78 is 2.30. The van der Waals surface area contributed by atoms with Gasteiger partial charge in [-0.2, -0.15) is 0 Å². The third-order valence-electron chi connectivity index (χ3n) is 3.97. The van der Waals surface area contributed by atoms with Crippen molar-refractivity contribution in [2.24, 2.45) is 20.0 Å². The first kappa shape index (κ1) is 20.1. The van der Waals surface area contributed by atoms with Crippen LogP contribution in [0.25, 0.3) is 11.0 Å². The summed E-state index contributed by atoms with van der Waals surface area (Å²) in [7, 11) is 2.95. The Morgan fingerprint density at radius 3 is 2.54 bits per heavy atom. The van der Waals surface area contributed by atoms with E-state index < -0.39 is 11.2 Å².